The fourth-order valence-corrected chi connectivity index (χ4v) is 1.75. The summed E-state index contributed by atoms with van der Waals surface area (Å²) in [6.07, 6.45) is 0. The Morgan fingerprint density at radius 1 is 1.38 bits per heavy atom. The fourth-order valence-electron chi connectivity index (χ4n) is 1.75. The second-order valence-corrected chi connectivity index (χ2v) is 3.89. The molecule has 2 aromatic rings. The first-order valence-corrected chi connectivity index (χ1v) is 5.15. The predicted molar refractivity (Wildman–Crippen MR) is 61.6 cm³/mol. The molecule has 4 heteroatoms. The van der Waals surface area contributed by atoms with Crippen molar-refractivity contribution in [2.24, 2.45) is 0 Å². The van der Waals surface area contributed by atoms with Gasteiger partial charge < -0.3 is 5.73 Å². The van der Waals surface area contributed by atoms with E-state index in [-0.39, 0.29) is 11.9 Å². The summed E-state index contributed by atoms with van der Waals surface area (Å²) >= 11 is 0. The lowest BCUT2D eigenvalue weighted by atomic mass is 10.1. The molecule has 2 rings (SSSR count). The number of aryl methyl sites for hydroxylation is 1. The largest absolute Gasteiger partial charge is 0.384 e. The number of nitrogens with two attached hydrogens (primary N) is 1. The standard InChI is InChI=1S/C12H14FN3/c1-8-6-12(14)16(15-8)9(2)10-4-3-5-11(13)7-10/h3-7,9H,14H2,1-2H3. The lowest BCUT2D eigenvalue weighted by molar-refractivity contribution is 0.560. The van der Waals surface area contributed by atoms with E-state index in [1.165, 1.54) is 12.1 Å². The smallest absolute Gasteiger partial charge is 0.123 e. The third-order valence-electron chi connectivity index (χ3n) is 2.58. The average molecular weight is 219 g/mol. The monoisotopic (exact) mass is 219 g/mol. The van der Waals surface area contributed by atoms with Gasteiger partial charge in [-0.15, -0.1) is 0 Å². The first kappa shape index (κ1) is 10.7. The molecule has 1 aromatic carbocycles. The van der Waals surface area contributed by atoms with Crippen molar-refractivity contribution in [3.63, 3.8) is 0 Å². The van der Waals surface area contributed by atoms with Crippen LogP contribution >= 0.6 is 0 Å². The zero-order valence-corrected chi connectivity index (χ0v) is 9.31. The molecule has 0 saturated carbocycles. The molecule has 0 radical (unpaired) electrons. The van der Waals surface area contributed by atoms with Crippen LogP contribution < -0.4 is 5.73 Å². The van der Waals surface area contributed by atoms with E-state index in [0.29, 0.717) is 5.82 Å². The van der Waals surface area contributed by atoms with Crippen LogP contribution in [-0.2, 0) is 0 Å². The van der Waals surface area contributed by atoms with Crippen LogP contribution in [0.1, 0.15) is 24.2 Å². The molecule has 0 fully saturated rings. The minimum atomic E-state index is -0.244. The molecule has 0 amide bonds. The van der Waals surface area contributed by atoms with E-state index in [9.17, 15) is 4.39 Å². The van der Waals surface area contributed by atoms with Crippen LogP contribution in [0.25, 0.3) is 0 Å². The SMILES string of the molecule is Cc1cc(N)n(C(C)c2cccc(F)c2)n1. The van der Waals surface area contributed by atoms with Crippen LogP contribution in [0.5, 0.6) is 0 Å². The van der Waals surface area contributed by atoms with Crippen LogP contribution in [-0.4, -0.2) is 9.78 Å². The molecule has 0 aliphatic rings. The second-order valence-electron chi connectivity index (χ2n) is 3.89. The first-order chi connectivity index (χ1) is 7.58. The maximum Gasteiger partial charge on any atom is 0.123 e. The van der Waals surface area contributed by atoms with Gasteiger partial charge in [0.25, 0.3) is 0 Å². The van der Waals surface area contributed by atoms with Crippen molar-refractivity contribution in [2.45, 2.75) is 19.9 Å². The molecule has 1 aromatic heterocycles. The van der Waals surface area contributed by atoms with Crippen LogP contribution in [0.3, 0.4) is 0 Å². The van der Waals surface area contributed by atoms with Gasteiger partial charge in [-0.3, -0.25) is 0 Å². The van der Waals surface area contributed by atoms with Crippen molar-refractivity contribution in [3.8, 4) is 0 Å². The minimum Gasteiger partial charge on any atom is -0.384 e. The van der Waals surface area contributed by atoms with Gasteiger partial charge in [0.1, 0.15) is 11.6 Å². The molecule has 1 atom stereocenters. The fraction of sp³-hybridized carbons (Fsp3) is 0.250. The summed E-state index contributed by atoms with van der Waals surface area (Å²) < 4.78 is 14.8. The molecular weight excluding hydrogens is 205 g/mol. The van der Waals surface area contributed by atoms with Crippen molar-refractivity contribution >= 4 is 5.82 Å². The summed E-state index contributed by atoms with van der Waals surface area (Å²) in [6.45, 7) is 3.82. The van der Waals surface area contributed by atoms with Crippen molar-refractivity contribution in [2.75, 3.05) is 5.73 Å². The Labute approximate surface area is 93.7 Å². The van der Waals surface area contributed by atoms with Crippen LogP contribution in [0.4, 0.5) is 10.2 Å². The van der Waals surface area contributed by atoms with Crippen LogP contribution in [0, 0.1) is 12.7 Å². The van der Waals surface area contributed by atoms with Gasteiger partial charge in [-0.1, -0.05) is 12.1 Å². The number of rotatable bonds is 2. The minimum absolute atomic E-state index is 0.0654. The highest BCUT2D eigenvalue weighted by molar-refractivity contribution is 5.33. The lowest BCUT2D eigenvalue weighted by Crippen LogP contribution is -2.11. The molecule has 16 heavy (non-hydrogen) atoms. The highest BCUT2D eigenvalue weighted by atomic mass is 19.1. The van der Waals surface area contributed by atoms with Gasteiger partial charge in [-0.2, -0.15) is 5.10 Å². The summed E-state index contributed by atoms with van der Waals surface area (Å²) in [5, 5.41) is 4.29. The Balaban J connectivity index is 2.38. The number of aromatic nitrogens is 2. The summed E-state index contributed by atoms with van der Waals surface area (Å²) in [4.78, 5) is 0. The van der Waals surface area contributed by atoms with E-state index >= 15 is 0 Å². The van der Waals surface area contributed by atoms with Gasteiger partial charge in [-0.25, -0.2) is 9.07 Å². The molecule has 0 aliphatic carbocycles. The third-order valence-corrected chi connectivity index (χ3v) is 2.58. The van der Waals surface area contributed by atoms with E-state index in [4.69, 9.17) is 5.73 Å². The van der Waals surface area contributed by atoms with E-state index in [2.05, 4.69) is 5.10 Å². The third kappa shape index (κ3) is 1.91. The van der Waals surface area contributed by atoms with Gasteiger partial charge in [0.05, 0.1) is 11.7 Å². The lowest BCUT2D eigenvalue weighted by Gasteiger charge is -2.14. The molecule has 0 spiro atoms. The van der Waals surface area contributed by atoms with E-state index < -0.39 is 0 Å². The Morgan fingerprint density at radius 3 is 2.69 bits per heavy atom. The highest BCUT2D eigenvalue weighted by Crippen LogP contribution is 2.21. The Morgan fingerprint density at radius 2 is 2.12 bits per heavy atom. The maximum absolute atomic E-state index is 13.1. The summed E-state index contributed by atoms with van der Waals surface area (Å²) in [5.41, 5.74) is 7.54. The number of nitrogen functional groups attached to an aromatic ring is 1. The normalized spacial score (nSPS) is 12.7. The van der Waals surface area contributed by atoms with Crippen molar-refractivity contribution in [1.82, 2.24) is 9.78 Å². The molecule has 0 aliphatic heterocycles. The molecule has 1 heterocycles. The van der Waals surface area contributed by atoms with Gasteiger partial charge in [0.2, 0.25) is 0 Å². The first-order valence-electron chi connectivity index (χ1n) is 5.15. The Bertz CT molecular complexity index is 505. The number of hydrogen-bond donors (Lipinski definition) is 1. The Kier molecular flexibility index (Phi) is 2.64. The van der Waals surface area contributed by atoms with Crippen LogP contribution in [0.2, 0.25) is 0 Å². The number of benzene rings is 1. The van der Waals surface area contributed by atoms with Crippen molar-refractivity contribution in [3.05, 3.63) is 47.4 Å². The molecule has 84 valence electrons. The van der Waals surface area contributed by atoms with Crippen molar-refractivity contribution in [1.29, 1.82) is 0 Å². The maximum atomic E-state index is 13.1. The van der Waals surface area contributed by atoms with E-state index in [0.717, 1.165) is 11.3 Å². The van der Waals surface area contributed by atoms with Gasteiger partial charge in [0.15, 0.2) is 0 Å². The number of nitrogens with zero attached hydrogens (tertiary/aromatic N) is 2. The summed E-state index contributed by atoms with van der Waals surface area (Å²) in [7, 11) is 0. The average Bonchev–Trinajstić information content (AvgIpc) is 2.57. The van der Waals surface area contributed by atoms with E-state index in [1.807, 2.05) is 19.9 Å². The van der Waals surface area contributed by atoms with Gasteiger partial charge >= 0.3 is 0 Å². The van der Waals surface area contributed by atoms with E-state index in [1.54, 1.807) is 16.8 Å². The Hall–Kier alpha value is -1.84. The predicted octanol–water partition coefficient (Wildman–Crippen LogP) is 2.52. The number of halogens is 1. The van der Waals surface area contributed by atoms with Gasteiger partial charge in [0, 0.05) is 6.07 Å². The highest BCUT2D eigenvalue weighted by Gasteiger charge is 2.12. The summed E-state index contributed by atoms with van der Waals surface area (Å²) in [5.74, 6) is 0.348. The summed E-state index contributed by atoms with van der Waals surface area (Å²) in [6, 6.07) is 8.22. The molecule has 3 nitrogen and oxygen atoms in total. The molecule has 0 bridgehead atoms. The molecule has 2 N–H and O–H groups in total. The van der Waals surface area contributed by atoms with Crippen LogP contribution in [0.15, 0.2) is 30.3 Å². The van der Waals surface area contributed by atoms with Crippen molar-refractivity contribution < 1.29 is 4.39 Å². The molecule has 1 unspecified atom stereocenters. The molecule has 0 saturated heterocycles. The zero-order chi connectivity index (χ0) is 11.7. The topological polar surface area (TPSA) is 43.8 Å². The quantitative estimate of drug-likeness (QED) is 0.843. The number of anilines is 1. The second kappa shape index (κ2) is 3.96. The number of hydrogen-bond acceptors (Lipinski definition) is 2. The van der Waals surface area contributed by atoms with Gasteiger partial charge in [-0.05, 0) is 31.5 Å². The molecular formula is C12H14FN3. The zero-order valence-electron chi connectivity index (χ0n) is 9.31.